The number of hydrogen-bond donors (Lipinski definition) is 2. The highest BCUT2D eigenvalue weighted by atomic mass is 16.5. The zero-order valence-electron chi connectivity index (χ0n) is 8.07. The van der Waals surface area contributed by atoms with Gasteiger partial charge in [0.15, 0.2) is 0 Å². The molecule has 0 heterocycles. The zero-order valence-corrected chi connectivity index (χ0v) is 8.07. The van der Waals surface area contributed by atoms with Gasteiger partial charge >= 0.3 is 5.97 Å². The lowest BCUT2D eigenvalue weighted by Gasteiger charge is -2.44. The van der Waals surface area contributed by atoms with Crippen molar-refractivity contribution in [3.05, 3.63) is 24.3 Å². The molecule has 4 N–H and O–H groups in total. The van der Waals surface area contributed by atoms with E-state index in [1.54, 1.807) is 12.2 Å². The van der Waals surface area contributed by atoms with Gasteiger partial charge in [-0.2, -0.15) is 0 Å². The molecule has 0 aliphatic heterocycles. The largest absolute Gasteiger partial charge is 0.469 e. The normalized spacial score (nSPS) is 44.1. The average Bonchev–Trinajstić information content (AvgIpc) is 2.19. The monoisotopic (exact) mass is 194 g/mol. The molecule has 0 radical (unpaired) electrons. The lowest BCUT2D eigenvalue weighted by molar-refractivity contribution is -0.147. The number of fused-ring (bicyclic) bond motifs is 1. The van der Waals surface area contributed by atoms with Crippen LogP contribution in [0.4, 0.5) is 0 Å². The molecule has 0 amide bonds. The Labute approximate surface area is 82.6 Å². The molecule has 0 aromatic heterocycles. The van der Waals surface area contributed by atoms with Crippen molar-refractivity contribution < 1.29 is 9.53 Å². The van der Waals surface area contributed by atoms with Crippen LogP contribution in [0.5, 0.6) is 0 Å². The molecule has 4 heteroatoms. The van der Waals surface area contributed by atoms with Crippen LogP contribution >= 0.6 is 0 Å². The van der Waals surface area contributed by atoms with Gasteiger partial charge < -0.3 is 16.2 Å². The van der Waals surface area contributed by atoms with Crippen LogP contribution in [-0.2, 0) is 9.53 Å². The fraction of sp³-hybridized carbons (Fsp3) is 0.500. The standard InChI is InChI=1S/C10H14N2O2/c1-14-8(13)7-6-9(11)2-4-10(7,12)5-3-9/h2-5,7H,6,11-12H2,1H3. The Kier molecular flexibility index (Phi) is 1.81. The van der Waals surface area contributed by atoms with E-state index in [0.717, 1.165) is 0 Å². The number of ether oxygens (including phenoxy) is 1. The quantitative estimate of drug-likeness (QED) is 0.444. The summed E-state index contributed by atoms with van der Waals surface area (Å²) in [7, 11) is 1.37. The zero-order chi connectivity index (χ0) is 10.4. The SMILES string of the molecule is COC(=O)C1CC2(N)C=CC1(N)C=C2. The molecule has 3 aliphatic carbocycles. The van der Waals surface area contributed by atoms with Crippen LogP contribution in [0.2, 0.25) is 0 Å². The highest BCUT2D eigenvalue weighted by Gasteiger charge is 2.47. The van der Waals surface area contributed by atoms with Crippen LogP contribution in [-0.4, -0.2) is 24.2 Å². The minimum absolute atomic E-state index is 0.295. The maximum atomic E-state index is 11.5. The first-order valence-corrected chi connectivity index (χ1v) is 4.55. The minimum atomic E-state index is -0.714. The number of hydrogen-bond acceptors (Lipinski definition) is 4. The van der Waals surface area contributed by atoms with Crippen molar-refractivity contribution in [2.45, 2.75) is 17.5 Å². The topological polar surface area (TPSA) is 78.3 Å². The van der Waals surface area contributed by atoms with E-state index in [-0.39, 0.29) is 11.9 Å². The molecule has 1 unspecified atom stereocenters. The highest BCUT2D eigenvalue weighted by molar-refractivity contribution is 5.77. The highest BCUT2D eigenvalue weighted by Crippen LogP contribution is 2.38. The molecular formula is C10H14N2O2. The lowest BCUT2D eigenvalue weighted by Crippen LogP contribution is -2.59. The van der Waals surface area contributed by atoms with E-state index in [1.165, 1.54) is 7.11 Å². The Morgan fingerprint density at radius 2 is 1.93 bits per heavy atom. The molecule has 4 nitrogen and oxygen atoms in total. The molecule has 3 aliphatic rings. The molecule has 0 aromatic carbocycles. The molecule has 1 atom stereocenters. The number of carbonyl (C=O) groups is 1. The smallest absolute Gasteiger partial charge is 0.311 e. The van der Waals surface area contributed by atoms with Gasteiger partial charge in [0.1, 0.15) is 0 Å². The number of methoxy groups -OCH3 is 1. The first-order valence-electron chi connectivity index (χ1n) is 4.55. The maximum absolute atomic E-state index is 11.5. The second-order valence-corrected chi connectivity index (χ2v) is 4.06. The van der Waals surface area contributed by atoms with E-state index >= 15 is 0 Å². The molecule has 76 valence electrons. The third kappa shape index (κ3) is 1.19. The van der Waals surface area contributed by atoms with E-state index in [9.17, 15) is 4.79 Å². The Hall–Kier alpha value is -1.13. The summed E-state index contributed by atoms with van der Waals surface area (Å²) >= 11 is 0. The van der Waals surface area contributed by atoms with Crippen LogP contribution in [0.1, 0.15) is 6.42 Å². The van der Waals surface area contributed by atoms with Crippen molar-refractivity contribution in [1.82, 2.24) is 0 Å². The molecule has 2 bridgehead atoms. The maximum Gasteiger partial charge on any atom is 0.311 e. The van der Waals surface area contributed by atoms with Gasteiger partial charge in [0.05, 0.1) is 24.1 Å². The Balaban J connectivity index is 2.36. The van der Waals surface area contributed by atoms with E-state index in [1.807, 2.05) is 12.2 Å². The van der Waals surface area contributed by atoms with Crippen molar-refractivity contribution >= 4 is 5.97 Å². The van der Waals surface area contributed by atoms with Gasteiger partial charge in [-0.25, -0.2) is 0 Å². The Morgan fingerprint density at radius 3 is 2.43 bits per heavy atom. The molecule has 0 saturated heterocycles. The van der Waals surface area contributed by atoms with Gasteiger partial charge in [0.2, 0.25) is 0 Å². The summed E-state index contributed by atoms with van der Waals surface area (Å²) in [6.07, 6.45) is 7.80. The number of rotatable bonds is 1. The summed E-state index contributed by atoms with van der Waals surface area (Å²) in [5.41, 5.74) is 10.8. The van der Waals surface area contributed by atoms with Crippen molar-refractivity contribution in [1.29, 1.82) is 0 Å². The van der Waals surface area contributed by atoms with E-state index < -0.39 is 11.1 Å². The van der Waals surface area contributed by atoms with Gasteiger partial charge in [-0.15, -0.1) is 0 Å². The number of nitrogens with two attached hydrogens (primary N) is 2. The lowest BCUT2D eigenvalue weighted by atomic mass is 9.66. The third-order valence-corrected chi connectivity index (χ3v) is 3.01. The van der Waals surface area contributed by atoms with Gasteiger partial charge in [-0.1, -0.05) is 24.3 Å². The average molecular weight is 194 g/mol. The first-order chi connectivity index (χ1) is 6.49. The Morgan fingerprint density at radius 1 is 1.36 bits per heavy atom. The summed E-state index contributed by atoms with van der Waals surface area (Å²) in [6.45, 7) is 0. The summed E-state index contributed by atoms with van der Waals surface area (Å²) in [6, 6.07) is 0. The van der Waals surface area contributed by atoms with Gasteiger partial charge in [-0.05, 0) is 6.42 Å². The second-order valence-electron chi connectivity index (χ2n) is 4.06. The van der Waals surface area contributed by atoms with Gasteiger partial charge in [0, 0.05) is 0 Å². The minimum Gasteiger partial charge on any atom is -0.469 e. The predicted molar refractivity (Wildman–Crippen MR) is 52.2 cm³/mol. The Bertz CT molecular complexity index is 319. The summed E-state index contributed by atoms with van der Waals surface area (Å²) < 4.78 is 4.71. The third-order valence-electron chi connectivity index (χ3n) is 3.01. The van der Waals surface area contributed by atoms with Crippen molar-refractivity contribution in [2.24, 2.45) is 17.4 Å². The van der Waals surface area contributed by atoms with Crippen molar-refractivity contribution in [3.63, 3.8) is 0 Å². The fourth-order valence-electron chi connectivity index (χ4n) is 2.04. The van der Waals surface area contributed by atoms with Crippen LogP contribution in [0.25, 0.3) is 0 Å². The van der Waals surface area contributed by atoms with Crippen LogP contribution in [0.3, 0.4) is 0 Å². The molecule has 0 spiro atoms. The molecule has 0 aromatic rings. The predicted octanol–water partition coefficient (Wildman–Crippen LogP) is -0.300. The van der Waals surface area contributed by atoms with E-state index in [4.69, 9.17) is 16.2 Å². The molecular weight excluding hydrogens is 180 g/mol. The molecule has 3 rings (SSSR count). The summed E-state index contributed by atoms with van der Waals surface area (Å²) in [5.74, 6) is -0.663. The fourth-order valence-corrected chi connectivity index (χ4v) is 2.04. The number of carbonyl (C=O) groups excluding carboxylic acids is 1. The van der Waals surface area contributed by atoms with Crippen LogP contribution < -0.4 is 11.5 Å². The van der Waals surface area contributed by atoms with Crippen LogP contribution in [0.15, 0.2) is 24.3 Å². The summed E-state index contributed by atoms with van der Waals surface area (Å²) in [4.78, 5) is 11.5. The number of esters is 1. The van der Waals surface area contributed by atoms with E-state index in [0.29, 0.717) is 6.42 Å². The molecule has 14 heavy (non-hydrogen) atoms. The molecule has 0 fully saturated rings. The second kappa shape index (κ2) is 2.68. The van der Waals surface area contributed by atoms with Gasteiger partial charge in [0.25, 0.3) is 0 Å². The first kappa shape index (κ1) is 9.43. The van der Waals surface area contributed by atoms with Crippen molar-refractivity contribution in [3.8, 4) is 0 Å². The summed E-state index contributed by atoms with van der Waals surface area (Å²) in [5, 5.41) is 0. The van der Waals surface area contributed by atoms with Crippen molar-refractivity contribution in [2.75, 3.05) is 7.11 Å². The van der Waals surface area contributed by atoms with Crippen LogP contribution in [0, 0.1) is 5.92 Å². The van der Waals surface area contributed by atoms with Gasteiger partial charge in [-0.3, -0.25) is 4.79 Å². The van der Waals surface area contributed by atoms with E-state index in [2.05, 4.69) is 0 Å². The molecule has 0 saturated carbocycles.